The molecule has 2 aliphatic rings. The van der Waals surface area contributed by atoms with Crippen molar-refractivity contribution in [3.63, 3.8) is 0 Å². The number of hydrogen-bond acceptors (Lipinski definition) is 7. The lowest BCUT2D eigenvalue weighted by Gasteiger charge is -2.23. The molecule has 2 atom stereocenters. The Morgan fingerprint density at radius 1 is 1.05 bits per heavy atom. The summed E-state index contributed by atoms with van der Waals surface area (Å²) in [5, 5.41) is 35.4. The lowest BCUT2D eigenvalue weighted by Crippen LogP contribution is -2.38. The van der Waals surface area contributed by atoms with Crippen LogP contribution in [-0.2, 0) is 20.0 Å². The molecular formula is C14H20O7. The molecule has 0 radical (unpaired) electrons. The van der Waals surface area contributed by atoms with Crippen LogP contribution in [0.3, 0.4) is 0 Å². The molecule has 4 N–H and O–H groups in total. The van der Waals surface area contributed by atoms with Gasteiger partial charge in [0, 0.05) is 5.56 Å². The fourth-order valence-electron chi connectivity index (χ4n) is 1.49. The first-order chi connectivity index (χ1) is 10.00. The summed E-state index contributed by atoms with van der Waals surface area (Å²) in [6.45, 7) is 3.26. The van der Waals surface area contributed by atoms with Crippen LogP contribution in [-0.4, -0.2) is 65.4 Å². The highest BCUT2D eigenvalue weighted by Crippen LogP contribution is 2.19. The van der Waals surface area contributed by atoms with Gasteiger partial charge in [0.25, 0.3) is 0 Å². The number of hydrogen-bond donors (Lipinski definition) is 4. The van der Waals surface area contributed by atoms with Gasteiger partial charge in [0.1, 0.15) is 12.2 Å². The maximum atomic E-state index is 9.12. The molecule has 1 aromatic carbocycles. The predicted molar refractivity (Wildman–Crippen MR) is 71.1 cm³/mol. The Morgan fingerprint density at radius 3 is 1.90 bits per heavy atom. The minimum atomic E-state index is -2.60. The standard InChI is InChI=1S/C8H10O4.C6H10O3/c9-7(10)8(11,12)6-4-2-1-3-5-6;1(5-3-8-5)7-2-6-4-9-6/h1-5,7,9-12H;5-6H,1-4H2. The Balaban J connectivity index is 0.000000159. The molecule has 2 unspecified atom stereocenters. The van der Waals surface area contributed by atoms with Crippen LogP contribution in [0.25, 0.3) is 0 Å². The van der Waals surface area contributed by atoms with E-state index in [-0.39, 0.29) is 5.56 Å². The van der Waals surface area contributed by atoms with Gasteiger partial charge < -0.3 is 34.6 Å². The molecule has 0 bridgehead atoms. The van der Waals surface area contributed by atoms with E-state index in [2.05, 4.69) is 0 Å². The third kappa shape index (κ3) is 5.68. The van der Waals surface area contributed by atoms with Crippen molar-refractivity contribution in [2.24, 2.45) is 0 Å². The summed E-state index contributed by atoms with van der Waals surface area (Å²) in [5.74, 6) is -2.60. The van der Waals surface area contributed by atoms with Crippen LogP contribution in [0.2, 0.25) is 0 Å². The van der Waals surface area contributed by atoms with Crippen molar-refractivity contribution in [2.75, 3.05) is 26.4 Å². The van der Waals surface area contributed by atoms with Crippen molar-refractivity contribution in [1.29, 1.82) is 0 Å². The fraction of sp³-hybridized carbons (Fsp3) is 0.571. The third-order valence-corrected chi connectivity index (χ3v) is 2.97. The molecule has 2 saturated heterocycles. The summed E-state index contributed by atoms with van der Waals surface area (Å²) < 4.78 is 15.1. The van der Waals surface area contributed by atoms with Crippen molar-refractivity contribution in [2.45, 2.75) is 24.3 Å². The maximum Gasteiger partial charge on any atom is 0.242 e. The van der Waals surface area contributed by atoms with E-state index in [0.29, 0.717) is 12.2 Å². The fourth-order valence-corrected chi connectivity index (χ4v) is 1.49. The van der Waals surface area contributed by atoms with Crippen LogP contribution in [0.5, 0.6) is 0 Å². The average molecular weight is 300 g/mol. The summed E-state index contributed by atoms with van der Waals surface area (Å²) in [6.07, 6.45) is -1.42. The topological polar surface area (TPSA) is 115 Å². The van der Waals surface area contributed by atoms with Gasteiger partial charge in [-0.2, -0.15) is 0 Å². The summed E-state index contributed by atoms with van der Waals surface area (Å²) in [6, 6.07) is 7.60. The van der Waals surface area contributed by atoms with Crippen LogP contribution in [0.1, 0.15) is 5.56 Å². The van der Waals surface area contributed by atoms with E-state index in [0.717, 1.165) is 26.4 Å². The second-order valence-electron chi connectivity index (χ2n) is 4.91. The highest BCUT2D eigenvalue weighted by Gasteiger charge is 2.33. The number of rotatable bonds is 6. The zero-order valence-electron chi connectivity index (χ0n) is 11.5. The Bertz CT molecular complexity index is 401. The number of aliphatic hydroxyl groups excluding tert-OH is 1. The van der Waals surface area contributed by atoms with Gasteiger partial charge in [-0.15, -0.1) is 0 Å². The number of epoxide rings is 2. The Hall–Kier alpha value is -1.06. The van der Waals surface area contributed by atoms with Gasteiger partial charge >= 0.3 is 0 Å². The Labute approximate surface area is 122 Å². The molecule has 2 aliphatic heterocycles. The Morgan fingerprint density at radius 2 is 1.52 bits per heavy atom. The summed E-state index contributed by atoms with van der Waals surface area (Å²) in [7, 11) is 0. The zero-order chi connectivity index (χ0) is 15.3. The first-order valence-corrected chi connectivity index (χ1v) is 6.67. The van der Waals surface area contributed by atoms with E-state index < -0.39 is 12.1 Å². The number of aliphatic hydroxyl groups is 4. The van der Waals surface area contributed by atoms with Crippen molar-refractivity contribution in [3.8, 4) is 0 Å². The highest BCUT2D eigenvalue weighted by molar-refractivity contribution is 5.19. The van der Waals surface area contributed by atoms with Crippen LogP contribution in [0, 0.1) is 0 Å². The van der Waals surface area contributed by atoms with Crippen LogP contribution >= 0.6 is 0 Å². The van der Waals surface area contributed by atoms with Crippen LogP contribution in [0.15, 0.2) is 30.3 Å². The van der Waals surface area contributed by atoms with E-state index in [1.165, 1.54) is 12.1 Å². The molecule has 7 nitrogen and oxygen atoms in total. The van der Waals surface area contributed by atoms with Gasteiger partial charge in [0.05, 0.1) is 26.4 Å². The summed E-state index contributed by atoms with van der Waals surface area (Å²) in [5.41, 5.74) is 0.0417. The molecule has 3 rings (SSSR count). The van der Waals surface area contributed by atoms with Crippen molar-refractivity contribution in [1.82, 2.24) is 0 Å². The van der Waals surface area contributed by atoms with Gasteiger partial charge in [-0.1, -0.05) is 30.3 Å². The molecular weight excluding hydrogens is 280 g/mol. The summed E-state index contributed by atoms with van der Waals surface area (Å²) >= 11 is 0. The van der Waals surface area contributed by atoms with Gasteiger partial charge in [0.2, 0.25) is 12.1 Å². The highest BCUT2D eigenvalue weighted by atomic mass is 16.6. The minimum Gasteiger partial charge on any atom is -0.376 e. The normalized spacial score (nSPS) is 23.5. The molecule has 2 fully saturated rings. The second-order valence-corrected chi connectivity index (χ2v) is 4.91. The maximum absolute atomic E-state index is 9.12. The molecule has 0 saturated carbocycles. The van der Waals surface area contributed by atoms with E-state index in [1.807, 2.05) is 0 Å². The van der Waals surface area contributed by atoms with E-state index in [9.17, 15) is 0 Å². The molecule has 118 valence electrons. The second kappa shape index (κ2) is 7.28. The van der Waals surface area contributed by atoms with Gasteiger partial charge in [-0.25, -0.2) is 0 Å². The van der Waals surface area contributed by atoms with E-state index in [4.69, 9.17) is 34.6 Å². The third-order valence-electron chi connectivity index (χ3n) is 2.97. The summed E-state index contributed by atoms with van der Waals surface area (Å²) in [4.78, 5) is 0. The number of benzene rings is 1. The molecule has 1 aromatic rings. The quantitative estimate of drug-likeness (QED) is 0.391. The monoisotopic (exact) mass is 300 g/mol. The molecule has 21 heavy (non-hydrogen) atoms. The van der Waals surface area contributed by atoms with Crippen molar-refractivity contribution < 1.29 is 34.6 Å². The van der Waals surface area contributed by atoms with E-state index >= 15 is 0 Å². The molecule has 0 aromatic heterocycles. The van der Waals surface area contributed by atoms with Crippen molar-refractivity contribution >= 4 is 0 Å². The molecule has 0 spiro atoms. The van der Waals surface area contributed by atoms with Gasteiger partial charge in [-0.3, -0.25) is 0 Å². The SMILES string of the molecule is C(OCC1CO1)C1CO1.OC(O)C(O)(O)c1ccccc1. The van der Waals surface area contributed by atoms with Gasteiger partial charge in [0.15, 0.2) is 0 Å². The average Bonchev–Trinajstić information content (AvgIpc) is 3.35. The predicted octanol–water partition coefficient (Wildman–Crippen LogP) is -1.06. The molecule has 0 aliphatic carbocycles. The Kier molecular flexibility index (Phi) is 5.65. The first-order valence-electron chi connectivity index (χ1n) is 6.67. The van der Waals surface area contributed by atoms with Crippen molar-refractivity contribution in [3.05, 3.63) is 35.9 Å². The lowest BCUT2D eigenvalue weighted by molar-refractivity contribution is -0.298. The van der Waals surface area contributed by atoms with Gasteiger partial charge in [-0.05, 0) is 0 Å². The lowest BCUT2D eigenvalue weighted by atomic mass is 10.1. The van der Waals surface area contributed by atoms with E-state index in [1.54, 1.807) is 18.2 Å². The van der Waals surface area contributed by atoms with Crippen LogP contribution in [0.4, 0.5) is 0 Å². The zero-order valence-corrected chi connectivity index (χ0v) is 11.5. The number of ether oxygens (including phenoxy) is 3. The minimum absolute atomic E-state index is 0.0417. The first kappa shape index (κ1) is 16.3. The molecule has 2 heterocycles. The largest absolute Gasteiger partial charge is 0.376 e. The molecule has 0 amide bonds. The molecule has 7 heteroatoms. The smallest absolute Gasteiger partial charge is 0.242 e. The van der Waals surface area contributed by atoms with Crippen LogP contribution < -0.4 is 0 Å².